The number of rotatable bonds is 14. The highest BCUT2D eigenvalue weighted by Crippen LogP contribution is 2.64. The van der Waals surface area contributed by atoms with Gasteiger partial charge in [0.1, 0.15) is 17.4 Å². The van der Waals surface area contributed by atoms with E-state index < -0.39 is 29.1 Å². The highest BCUT2D eigenvalue weighted by Gasteiger charge is 2.79. The molecule has 218 valence electrons. The molecule has 1 spiro atoms. The number of hydrogen-bond donors (Lipinski definition) is 1. The molecule has 0 radical (unpaired) electrons. The number of anilines is 1. The van der Waals surface area contributed by atoms with Gasteiger partial charge in [0, 0.05) is 38.5 Å². The topological polar surface area (TPSA) is 99.6 Å². The Balaban J connectivity index is 1.80. The summed E-state index contributed by atoms with van der Waals surface area (Å²) in [7, 11) is 1.58. The van der Waals surface area contributed by atoms with Crippen molar-refractivity contribution in [2.24, 2.45) is 11.8 Å². The van der Waals surface area contributed by atoms with Crippen LogP contribution in [0, 0.1) is 11.8 Å². The average molecular weight is 554 g/mol. The van der Waals surface area contributed by atoms with E-state index in [4.69, 9.17) is 9.47 Å². The summed E-state index contributed by atoms with van der Waals surface area (Å²) < 4.78 is 12.2. The molecule has 40 heavy (non-hydrogen) atoms. The number of hydrogen-bond acceptors (Lipinski definition) is 6. The summed E-state index contributed by atoms with van der Waals surface area (Å²) >= 11 is 0. The fraction of sp³-hybridized carbons (Fsp3) is 0.581. The van der Waals surface area contributed by atoms with Crippen molar-refractivity contribution in [2.75, 3.05) is 44.8 Å². The molecule has 3 amide bonds. The van der Waals surface area contributed by atoms with E-state index in [1.54, 1.807) is 58.2 Å². The van der Waals surface area contributed by atoms with Crippen LogP contribution < -0.4 is 9.64 Å². The monoisotopic (exact) mass is 553 g/mol. The predicted molar refractivity (Wildman–Crippen MR) is 153 cm³/mol. The lowest BCUT2D eigenvalue weighted by molar-refractivity contribution is -0.151. The van der Waals surface area contributed by atoms with Crippen LogP contribution in [-0.4, -0.2) is 89.8 Å². The van der Waals surface area contributed by atoms with Gasteiger partial charge in [0.25, 0.3) is 5.91 Å². The summed E-state index contributed by atoms with van der Waals surface area (Å²) in [5, 5.41) is 9.64. The van der Waals surface area contributed by atoms with Gasteiger partial charge < -0.3 is 29.3 Å². The van der Waals surface area contributed by atoms with Crippen molar-refractivity contribution in [1.29, 1.82) is 0 Å². The first-order chi connectivity index (χ1) is 19.3. The van der Waals surface area contributed by atoms with E-state index in [1.165, 1.54) is 0 Å². The number of likely N-dealkylation sites (tertiary alicyclic amines) is 1. The summed E-state index contributed by atoms with van der Waals surface area (Å²) in [5.74, 6) is -1.44. The third kappa shape index (κ3) is 4.73. The first kappa shape index (κ1) is 29.8. The number of amides is 3. The molecular formula is C31H43N3O6. The van der Waals surface area contributed by atoms with E-state index in [-0.39, 0.29) is 37.4 Å². The quantitative estimate of drug-likeness (QED) is 0.356. The Morgan fingerprint density at radius 3 is 2.42 bits per heavy atom. The average Bonchev–Trinajstić information content (AvgIpc) is 3.57. The molecular weight excluding hydrogens is 510 g/mol. The van der Waals surface area contributed by atoms with Crippen molar-refractivity contribution < 1.29 is 29.0 Å². The zero-order valence-electron chi connectivity index (χ0n) is 24.0. The second-order valence-electron chi connectivity index (χ2n) is 11.0. The fourth-order valence-electron chi connectivity index (χ4n) is 7.13. The van der Waals surface area contributed by atoms with Crippen molar-refractivity contribution in [2.45, 2.75) is 63.2 Å². The molecule has 3 fully saturated rings. The van der Waals surface area contributed by atoms with Crippen LogP contribution in [0.3, 0.4) is 0 Å². The highest BCUT2D eigenvalue weighted by molar-refractivity contribution is 6.05. The molecule has 4 rings (SSSR count). The van der Waals surface area contributed by atoms with E-state index in [2.05, 4.69) is 13.2 Å². The molecule has 1 N–H and O–H groups in total. The van der Waals surface area contributed by atoms with Crippen LogP contribution in [0.2, 0.25) is 0 Å². The van der Waals surface area contributed by atoms with Gasteiger partial charge in [-0.1, -0.05) is 26.0 Å². The summed E-state index contributed by atoms with van der Waals surface area (Å²) in [4.78, 5) is 47.9. The van der Waals surface area contributed by atoms with Gasteiger partial charge in [-0.05, 0) is 56.4 Å². The number of fused-ring (bicyclic) bond motifs is 1. The number of aliphatic hydroxyl groups excluding tert-OH is 1. The van der Waals surface area contributed by atoms with Gasteiger partial charge in [0.05, 0.1) is 24.5 Å². The highest BCUT2D eigenvalue weighted by atomic mass is 16.5. The van der Waals surface area contributed by atoms with Gasteiger partial charge in [-0.15, -0.1) is 13.2 Å². The van der Waals surface area contributed by atoms with E-state index in [0.29, 0.717) is 50.2 Å². The molecule has 2 unspecified atom stereocenters. The molecule has 0 saturated carbocycles. The predicted octanol–water partition coefficient (Wildman–Crippen LogP) is 3.18. The number of ether oxygens (including phenoxy) is 2. The van der Waals surface area contributed by atoms with Crippen molar-refractivity contribution in [3.63, 3.8) is 0 Å². The third-order valence-corrected chi connectivity index (χ3v) is 8.85. The lowest BCUT2D eigenvalue weighted by atomic mass is 9.64. The Kier molecular flexibility index (Phi) is 9.05. The van der Waals surface area contributed by atoms with Crippen molar-refractivity contribution in [3.05, 3.63) is 49.6 Å². The number of aliphatic hydroxyl groups is 1. The molecule has 2 bridgehead atoms. The zero-order chi connectivity index (χ0) is 29.1. The van der Waals surface area contributed by atoms with Crippen molar-refractivity contribution in [3.8, 4) is 5.75 Å². The first-order valence-corrected chi connectivity index (χ1v) is 14.4. The van der Waals surface area contributed by atoms with Crippen LogP contribution in [0.1, 0.15) is 46.0 Å². The minimum Gasteiger partial charge on any atom is -0.497 e. The van der Waals surface area contributed by atoms with Gasteiger partial charge in [0.15, 0.2) is 0 Å². The Bertz CT molecular complexity index is 1120. The van der Waals surface area contributed by atoms with Crippen molar-refractivity contribution >= 4 is 23.4 Å². The molecule has 9 nitrogen and oxygen atoms in total. The minimum atomic E-state index is -1.13. The Morgan fingerprint density at radius 1 is 1.15 bits per heavy atom. The van der Waals surface area contributed by atoms with Crippen LogP contribution in [0.15, 0.2) is 49.6 Å². The number of carbonyl (C=O) groups is 3. The standard InChI is InChI=1S/C31H43N3O6/c1-6-17-32(18-7-2)27(36)24-25-28(37)34(20-10-21-35)26(31(25)16-15-30(24,9-4)40-31)29(38)33(19-8-3)22-11-13-23(39-5)14-12-22/h6,8,11-14,24-26,35H,1,3,7,9-10,15-21H2,2,4-5H3/t24-,25+,26?,30+,31?/m1/s1. The largest absolute Gasteiger partial charge is 0.497 e. The van der Waals surface area contributed by atoms with Crippen LogP contribution in [0.4, 0.5) is 5.69 Å². The number of nitrogens with zero attached hydrogens (tertiary/aromatic N) is 3. The Morgan fingerprint density at radius 2 is 1.85 bits per heavy atom. The molecule has 0 aromatic heterocycles. The summed E-state index contributed by atoms with van der Waals surface area (Å²) in [6, 6.07) is 6.24. The molecule has 1 aromatic carbocycles. The summed E-state index contributed by atoms with van der Waals surface area (Å²) in [5.41, 5.74) is -1.29. The van der Waals surface area contributed by atoms with E-state index in [1.807, 2.05) is 13.8 Å². The van der Waals surface area contributed by atoms with Gasteiger partial charge >= 0.3 is 0 Å². The van der Waals surface area contributed by atoms with Gasteiger partial charge in [0.2, 0.25) is 11.8 Å². The Labute approximate surface area is 237 Å². The fourth-order valence-corrected chi connectivity index (χ4v) is 7.13. The lowest BCUT2D eigenvalue weighted by Crippen LogP contribution is -2.56. The second kappa shape index (κ2) is 12.1. The number of carbonyl (C=O) groups excluding carboxylic acids is 3. The van der Waals surface area contributed by atoms with Crippen LogP contribution >= 0.6 is 0 Å². The number of benzene rings is 1. The normalized spacial score (nSPS) is 28.4. The van der Waals surface area contributed by atoms with Crippen LogP contribution in [0.5, 0.6) is 5.75 Å². The summed E-state index contributed by atoms with van der Waals surface area (Å²) in [6.45, 7) is 12.9. The molecule has 1 aromatic rings. The molecule has 3 aliphatic rings. The van der Waals surface area contributed by atoms with Gasteiger partial charge in [-0.2, -0.15) is 0 Å². The third-order valence-electron chi connectivity index (χ3n) is 8.85. The minimum absolute atomic E-state index is 0.114. The SMILES string of the molecule is C=CCN(CCC)C(=O)[C@H]1[C@H]2C(=O)N(CCCO)C(C(=O)N(CC=C)c3ccc(OC)cc3)C23CC[C@]1(CC)O3. The van der Waals surface area contributed by atoms with E-state index in [9.17, 15) is 19.5 Å². The number of methoxy groups -OCH3 is 1. The van der Waals surface area contributed by atoms with Crippen LogP contribution in [0.25, 0.3) is 0 Å². The molecule has 9 heteroatoms. The Hall–Kier alpha value is -3.17. The molecule has 3 aliphatic heterocycles. The first-order valence-electron chi connectivity index (χ1n) is 14.4. The smallest absolute Gasteiger partial charge is 0.253 e. The lowest BCUT2D eigenvalue weighted by Gasteiger charge is -2.37. The van der Waals surface area contributed by atoms with Crippen molar-refractivity contribution in [1.82, 2.24) is 9.80 Å². The molecule has 5 atom stereocenters. The van der Waals surface area contributed by atoms with E-state index >= 15 is 0 Å². The van der Waals surface area contributed by atoms with Gasteiger partial charge in [-0.3, -0.25) is 14.4 Å². The molecule has 0 aliphatic carbocycles. The molecule has 3 heterocycles. The van der Waals surface area contributed by atoms with Crippen LogP contribution in [-0.2, 0) is 19.1 Å². The maximum atomic E-state index is 14.5. The second-order valence-corrected chi connectivity index (χ2v) is 11.0. The molecule has 3 saturated heterocycles. The van der Waals surface area contributed by atoms with Gasteiger partial charge in [-0.25, -0.2) is 0 Å². The van der Waals surface area contributed by atoms with E-state index in [0.717, 1.165) is 6.42 Å². The zero-order valence-corrected chi connectivity index (χ0v) is 24.0. The maximum absolute atomic E-state index is 14.5. The summed E-state index contributed by atoms with van der Waals surface area (Å²) in [6.07, 6.45) is 6.11. The maximum Gasteiger partial charge on any atom is 0.253 e.